The number of hydrogen-bond donors (Lipinski definition) is 1. The van der Waals surface area contributed by atoms with E-state index in [2.05, 4.69) is 46.1 Å². The van der Waals surface area contributed by atoms with Gasteiger partial charge in [0.1, 0.15) is 5.82 Å². The van der Waals surface area contributed by atoms with Crippen molar-refractivity contribution in [2.45, 2.75) is 19.8 Å². The summed E-state index contributed by atoms with van der Waals surface area (Å²) in [6.07, 6.45) is 0. The lowest BCUT2D eigenvalue weighted by Crippen LogP contribution is -2.09. The van der Waals surface area contributed by atoms with Gasteiger partial charge in [-0.1, -0.05) is 18.5 Å². The second-order valence-electron chi connectivity index (χ2n) is 5.57. The summed E-state index contributed by atoms with van der Waals surface area (Å²) in [7, 11) is 0. The molecule has 0 saturated heterocycles. The van der Waals surface area contributed by atoms with Gasteiger partial charge in [-0.2, -0.15) is 0 Å². The predicted molar refractivity (Wildman–Crippen MR) is 91.3 cm³/mol. The summed E-state index contributed by atoms with van der Waals surface area (Å²) in [5.74, 6) is 2.15. The molecule has 0 aliphatic carbocycles. The molecule has 3 aromatic rings. The quantitative estimate of drug-likeness (QED) is 0.715. The first-order chi connectivity index (χ1) is 10.6. The van der Waals surface area contributed by atoms with Crippen molar-refractivity contribution < 1.29 is 0 Å². The zero-order valence-corrected chi connectivity index (χ0v) is 13.9. The average Bonchev–Trinajstić information content (AvgIpc) is 3.08. The first kappa shape index (κ1) is 13.8. The number of rotatable bonds is 1. The molecular formula is C16H15ClN4S. The molecule has 1 aliphatic heterocycles. The van der Waals surface area contributed by atoms with E-state index in [1.807, 2.05) is 18.2 Å². The molecule has 0 bridgehead atoms. The van der Waals surface area contributed by atoms with Crippen LogP contribution in [-0.2, 0) is 0 Å². The number of aryl methyl sites for hydroxylation is 1. The fraction of sp³-hybridized carbons (Fsp3) is 0.250. The van der Waals surface area contributed by atoms with Gasteiger partial charge in [0.25, 0.3) is 0 Å². The van der Waals surface area contributed by atoms with Crippen molar-refractivity contribution in [3.8, 4) is 16.4 Å². The minimum absolute atomic E-state index is 0.272. The molecule has 0 spiro atoms. The highest BCUT2D eigenvalue weighted by atomic mass is 35.5. The zero-order chi connectivity index (χ0) is 15.3. The first-order valence-corrected chi connectivity index (χ1v) is 8.39. The van der Waals surface area contributed by atoms with Crippen LogP contribution in [0.5, 0.6) is 0 Å². The van der Waals surface area contributed by atoms with Crippen LogP contribution < -0.4 is 5.32 Å². The summed E-state index contributed by atoms with van der Waals surface area (Å²) in [5.41, 5.74) is 2.07. The number of halogens is 1. The largest absolute Gasteiger partial charge is 0.383 e. The van der Waals surface area contributed by atoms with Gasteiger partial charge in [-0.3, -0.25) is 4.57 Å². The van der Waals surface area contributed by atoms with E-state index in [1.165, 1.54) is 4.88 Å². The van der Waals surface area contributed by atoms with E-state index in [1.54, 1.807) is 11.3 Å². The molecule has 4 nitrogen and oxygen atoms in total. The summed E-state index contributed by atoms with van der Waals surface area (Å²) < 4.78 is 2.15. The van der Waals surface area contributed by atoms with Crippen LogP contribution in [0.1, 0.15) is 23.5 Å². The Labute approximate surface area is 137 Å². The number of nitrogens with one attached hydrogen (secondary N) is 1. The van der Waals surface area contributed by atoms with Crippen molar-refractivity contribution >= 4 is 28.6 Å². The van der Waals surface area contributed by atoms with Crippen molar-refractivity contribution in [2.24, 2.45) is 0 Å². The Morgan fingerprint density at radius 1 is 1.27 bits per heavy atom. The third kappa shape index (κ3) is 2.12. The Bertz CT molecular complexity index is 852. The minimum Gasteiger partial charge on any atom is -0.383 e. The van der Waals surface area contributed by atoms with Gasteiger partial charge in [-0.15, -0.1) is 21.5 Å². The third-order valence-corrected chi connectivity index (χ3v) is 5.12. The highest BCUT2D eigenvalue weighted by Gasteiger charge is 2.25. The van der Waals surface area contributed by atoms with Crippen molar-refractivity contribution in [3.63, 3.8) is 0 Å². The molecule has 4 rings (SSSR count). The second kappa shape index (κ2) is 5.11. The lowest BCUT2D eigenvalue weighted by atomic mass is 10.1. The number of anilines is 1. The van der Waals surface area contributed by atoms with Crippen molar-refractivity contribution in [1.29, 1.82) is 0 Å². The fourth-order valence-corrected chi connectivity index (χ4v) is 3.78. The normalized spacial score (nSPS) is 16.6. The van der Waals surface area contributed by atoms with E-state index in [4.69, 9.17) is 11.6 Å². The van der Waals surface area contributed by atoms with Crippen LogP contribution >= 0.6 is 22.9 Å². The van der Waals surface area contributed by atoms with Crippen molar-refractivity contribution in [1.82, 2.24) is 14.8 Å². The number of nitrogens with zero attached hydrogens (tertiary/aromatic N) is 3. The molecule has 1 unspecified atom stereocenters. The Balaban J connectivity index is 1.99. The molecule has 0 amide bonds. The molecule has 112 valence electrons. The lowest BCUT2D eigenvalue weighted by Gasteiger charge is -2.11. The summed E-state index contributed by atoms with van der Waals surface area (Å²) in [4.78, 5) is 2.40. The van der Waals surface area contributed by atoms with E-state index in [0.717, 1.165) is 39.5 Å². The van der Waals surface area contributed by atoms with E-state index >= 15 is 0 Å². The maximum atomic E-state index is 6.15. The zero-order valence-electron chi connectivity index (χ0n) is 12.3. The van der Waals surface area contributed by atoms with E-state index in [9.17, 15) is 0 Å². The summed E-state index contributed by atoms with van der Waals surface area (Å²) in [6.45, 7) is 5.07. The highest BCUT2D eigenvalue weighted by molar-refractivity contribution is 7.15. The van der Waals surface area contributed by atoms with Gasteiger partial charge < -0.3 is 5.32 Å². The topological polar surface area (TPSA) is 42.7 Å². The molecule has 3 heterocycles. The molecule has 0 fully saturated rings. The van der Waals surface area contributed by atoms with Crippen LogP contribution in [0, 0.1) is 6.92 Å². The molecule has 1 atom stereocenters. The SMILES string of the molecule is Cc1ccc(-c2nnc3n2-c2ccc(Cl)cc2NCC3C)s1. The van der Waals surface area contributed by atoms with Gasteiger partial charge in [-0.25, -0.2) is 0 Å². The molecule has 0 radical (unpaired) electrons. The van der Waals surface area contributed by atoms with Crippen LogP contribution in [0.25, 0.3) is 16.4 Å². The maximum absolute atomic E-state index is 6.15. The van der Waals surface area contributed by atoms with Crippen LogP contribution in [0.2, 0.25) is 5.02 Å². The number of fused-ring (bicyclic) bond motifs is 3. The van der Waals surface area contributed by atoms with Crippen LogP contribution in [0.4, 0.5) is 5.69 Å². The van der Waals surface area contributed by atoms with Gasteiger partial charge in [-0.05, 0) is 37.3 Å². The first-order valence-electron chi connectivity index (χ1n) is 7.19. The molecule has 6 heteroatoms. The smallest absolute Gasteiger partial charge is 0.178 e. The minimum atomic E-state index is 0.272. The standard InChI is InChI=1S/C16H15ClN4S/c1-9-8-18-12-7-11(17)4-5-13(12)21-15(9)19-20-16(21)14-6-3-10(2)22-14/h3-7,9,18H,8H2,1-2H3. The number of hydrogen-bond acceptors (Lipinski definition) is 4. The Kier molecular flexibility index (Phi) is 3.20. The van der Waals surface area contributed by atoms with Crippen LogP contribution in [0.3, 0.4) is 0 Å². The summed E-state index contributed by atoms with van der Waals surface area (Å²) in [6, 6.07) is 10.1. The maximum Gasteiger partial charge on any atom is 0.178 e. The van der Waals surface area contributed by atoms with Gasteiger partial charge in [0.2, 0.25) is 0 Å². The Hall–Kier alpha value is -1.85. The van der Waals surface area contributed by atoms with E-state index in [0.29, 0.717) is 0 Å². The second-order valence-corrected chi connectivity index (χ2v) is 7.30. The predicted octanol–water partition coefficient (Wildman–Crippen LogP) is 4.49. The van der Waals surface area contributed by atoms with Gasteiger partial charge in [0.15, 0.2) is 5.82 Å². The molecule has 1 aliphatic rings. The third-order valence-electron chi connectivity index (χ3n) is 3.89. The Morgan fingerprint density at radius 2 is 2.14 bits per heavy atom. The molecule has 0 saturated carbocycles. The van der Waals surface area contributed by atoms with Gasteiger partial charge in [0, 0.05) is 22.4 Å². The molecule has 2 aromatic heterocycles. The fourth-order valence-electron chi connectivity index (χ4n) is 2.77. The van der Waals surface area contributed by atoms with Gasteiger partial charge >= 0.3 is 0 Å². The van der Waals surface area contributed by atoms with E-state index in [-0.39, 0.29) is 5.92 Å². The molecular weight excluding hydrogens is 316 g/mol. The Morgan fingerprint density at radius 3 is 2.91 bits per heavy atom. The highest BCUT2D eigenvalue weighted by Crippen LogP contribution is 2.36. The van der Waals surface area contributed by atoms with Crippen LogP contribution in [-0.4, -0.2) is 21.3 Å². The summed E-state index contributed by atoms with van der Waals surface area (Å²) >= 11 is 7.88. The number of aromatic nitrogens is 3. The number of benzene rings is 1. The average molecular weight is 331 g/mol. The number of thiophene rings is 1. The van der Waals surface area contributed by atoms with Gasteiger partial charge in [0.05, 0.1) is 16.3 Å². The lowest BCUT2D eigenvalue weighted by molar-refractivity contribution is 0.725. The molecule has 1 aromatic carbocycles. The summed E-state index contributed by atoms with van der Waals surface area (Å²) in [5, 5.41) is 13.1. The van der Waals surface area contributed by atoms with E-state index < -0.39 is 0 Å². The monoisotopic (exact) mass is 330 g/mol. The van der Waals surface area contributed by atoms with Crippen molar-refractivity contribution in [2.75, 3.05) is 11.9 Å². The molecule has 1 N–H and O–H groups in total. The van der Waals surface area contributed by atoms with Crippen molar-refractivity contribution in [3.05, 3.63) is 46.1 Å². The molecule has 22 heavy (non-hydrogen) atoms. The van der Waals surface area contributed by atoms with Crippen LogP contribution in [0.15, 0.2) is 30.3 Å².